The van der Waals surface area contributed by atoms with Crippen molar-refractivity contribution in [1.29, 1.82) is 0 Å². The van der Waals surface area contributed by atoms with Crippen LogP contribution in [0.5, 0.6) is 11.5 Å². The fourth-order valence-corrected chi connectivity index (χ4v) is 4.47. The van der Waals surface area contributed by atoms with Crippen molar-refractivity contribution in [2.75, 3.05) is 32.8 Å². The summed E-state index contributed by atoms with van der Waals surface area (Å²) >= 11 is 0. The van der Waals surface area contributed by atoms with Crippen LogP contribution in [0, 0.1) is 0 Å². The lowest BCUT2D eigenvalue weighted by Gasteiger charge is -2.39. The Morgan fingerprint density at radius 3 is 2.57 bits per heavy atom. The first-order valence-electron chi connectivity index (χ1n) is 11.6. The van der Waals surface area contributed by atoms with Gasteiger partial charge in [-0.3, -0.25) is 4.79 Å². The number of nitrogens with one attached hydrogen (secondary N) is 1. The SMILES string of the molecule is CCCCCCCC(=O)NC(C)(CN1CCCC1)[C@H](O)c1ccc2c(c1)OCCO2. The molecule has 0 saturated carbocycles. The molecule has 6 heteroatoms. The molecule has 0 aliphatic carbocycles. The number of ether oxygens (including phenoxy) is 2. The number of likely N-dealkylation sites (tertiary alicyclic amines) is 1. The third-order valence-corrected chi connectivity index (χ3v) is 6.17. The van der Waals surface area contributed by atoms with E-state index in [1.54, 1.807) is 0 Å². The molecule has 1 aromatic carbocycles. The zero-order valence-corrected chi connectivity index (χ0v) is 18.6. The lowest BCUT2D eigenvalue weighted by atomic mass is 9.88. The molecule has 2 aliphatic rings. The van der Waals surface area contributed by atoms with E-state index in [9.17, 15) is 9.90 Å². The highest BCUT2D eigenvalue weighted by atomic mass is 16.6. The van der Waals surface area contributed by atoms with Crippen molar-refractivity contribution in [3.63, 3.8) is 0 Å². The molecule has 3 rings (SSSR count). The summed E-state index contributed by atoms with van der Waals surface area (Å²) in [6, 6.07) is 5.56. The summed E-state index contributed by atoms with van der Waals surface area (Å²) in [5, 5.41) is 14.5. The molecule has 1 saturated heterocycles. The van der Waals surface area contributed by atoms with E-state index in [4.69, 9.17) is 9.47 Å². The molecule has 30 heavy (non-hydrogen) atoms. The topological polar surface area (TPSA) is 71.0 Å². The average molecular weight is 419 g/mol. The summed E-state index contributed by atoms with van der Waals surface area (Å²) < 4.78 is 11.3. The van der Waals surface area contributed by atoms with Crippen LogP contribution in [0.1, 0.15) is 76.9 Å². The van der Waals surface area contributed by atoms with E-state index in [1.807, 2.05) is 25.1 Å². The molecule has 1 unspecified atom stereocenters. The molecule has 6 nitrogen and oxygen atoms in total. The smallest absolute Gasteiger partial charge is 0.220 e. The molecule has 1 aromatic rings. The third-order valence-electron chi connectivity index (χ3n) is 6.17. The van der Waals surface area contributed by atoms with Crippen LogP contribution >= 0.6 is 0 Å². The van der Waals surface area contributed by atoms with Crippen molar-refractivity contribution in [3.05, 3.63) is 23.8 Å². The third kappa shape index (κ3) is 6.11. The quantitative estimate of drug-likeness (QED) is 0.535. The average Bonchev–Trinajstić information content (AvgIpc) is 3.25. The molecule has 0 bridgehead atoms. The standard InChI is InChI=1S/C24H38N2O4/c1-3-4-5-6-7-10-22(27)25-24(2,18-26-13-8-9-14-26)23(28)19-11-12-20-21(17-19)30-16-15-29-20/h11-12,17,23,28H,3-10,13-16,18H2,1-2H3,(H,25,27)/t23-,24?/m1/s1. The largest absolute Gasteiger partial charge is 0.486 e. The van der Waals surface area contributed by atoms with Gasteiger partial charge in [0.2, 0.25) is 5.91 Å². The highest BCUT2D eigenvalue weighted by molar-refractivity contribution is 5.77. The Labute approximate surface area is 180 Å². The van der Waals surface area contributed by atoms with Crippen LogP contribution in [0.2, 0.25) is 0 Å². The van der Waals surface area contributed by atoms with Crippen molar-refractivity contribution >= 4 is 5.91 Å². The van der Waals surface area contributed by atoms with Crippen LogP contribution in [-0.4, -0.2) is 54.3 Å². The summed E-state index contributed by atoms with van der Waals surface area (Å²) in [6.45, 7) is 7.84. The van der Waals surface area contributed by atoms with Gasteiger partial charge in [0.05, 0.1) is 5.54 Å². The Kier molecular flexibility index (Phi) is 8.40. The van der Waals surface area contributed by atoms with Gasteiger partial charge >= 0.3 is 0 Å². The number of hydrogen-bond acceptors (Lipinski definition) is 5. The second kappa shape index (κ2) is 11.0. The molecule has 168 valence electrons. The number of carbonyl (C=O) groups is 1. The molecule has 2 atom stereocenters. The van der Waals surface area contributed by atoms with Gasteiger partial charge in [-0.15, -0.1) is 0 Å². The minimum atomic E-state index is -0.835. The second-order valence-electron chi connectivity index (χ2n) is 8.92. The Bertz CT molecular complexity index is 690. The summed E-state index contributed by atoms with van der Waals surface area (Å²) in [5.41, 5.74) is -0.0293. The van der Waals surface area contributed by atoms with Crippen molar-refractivity contribution < 1.29 is 19.4 Å². The highest BCUT2D eigenvalue weighted by Gasteiger charge is 2.38. The molecule has 1 fully saturated rings. The molecule has 1 amide bonds. The van der Waals surface area contributed by atoms with Gasteiger partial charge in [0.25, 0.3) is 0 Å². The Balaban J connectivity index is 1.69. The van der Waals surface area contributed by atoms with Gasteiger partial charge < -0.3 is 24.8 Å². The number of aliphatic hydroxyl groups is 1. The summed E-state index contributed by atoms with van der Waals surface area (Å²) in [7, 11) is 0. The number of amides is 1. The maximum Gasteiger partial charge on any atom is 0.220 e. The maximum absolute atomic E-state index is 12.7. The molecule has 2 aliphatic heterocycles. The van der Waals surface area contributed by atoms with Gasteiger partial charge in [-0.1, -0.05) is 38.7 Å². The lowest BCUT2D eigenvalue weighted by molar-refractivity contribution is -0.125. The number of benzene rings is 1. The zero-order chi connectivity index (χ0) is 21.4. The first-order valence-corrected chi connectivity index (χ1v) is 11.6. The van der Waals surface area contributed by atoms with Crippen molar-refractivity contribution in [2.24, 2.45) is 0 Å². The first-order chi connectivity index (χ1) is 14.5. The van der Waals surface area contributed by atoms with Gasteiger partial charge in [-0.05, 0) is 57.0 Å². The minimum absolute atomic E-state index is 0.0183. The van der Waals surface area contributed by atoms with Gasteiger partial charge in [0.1, 0.15) is 19.3 Å². The summed E-state index contributed by atoms with van der Waals surface area (Å²) in [5.74, 6) is 1.38. The number of carbonyl (C=O) groups excluding carboxylic acids is 1. The van der Waals surface area contributed by atoms with E-state index in [0.717, 1.165) is 31.5 Å². The Morgan fingerprint density at radius 1 is 1.13 bits per heavy atom. The van der Waals surface area contributed by atoms with Gasteiger partial charge in [0.15, 0.2) is 11.5 Å². The highest BCUT2D eigenvalue weighted by Crippen LogP contribution is 2.36. The maximum atomic E-state index is 12.7. The van der Waals surface area contributed by atoms with Crippen LogP contribution in [0.3, 0.4) is 0 Å². The van der Waals surface area contributed by atoms with E-state index in [1.165, 1.54) is 32.1 Å². The lowest BCUT2D eigenvalue weighted by Crippen LogP contribution is -2.57. The Hall–Kier alpha value is -1.79. The van der Waals surface area contributed by atoms with Crippen LogP contribution in [0.15, 0.2) is 18.2 Å². The minimum Gasteiger partial charge on any atom is -0.486 e. The number of hydrogen-bond donors (Lipinski definition) is 2. The monoisotopic (exact) mass is 418 g/mol. The predicted molar refractivity (Wildman–Crippen MR) is 118 cm³/mol. The van der Waals surface area contributed by atoms with Gasteiger partial charge in [-0.2, -0.15) is 0 Å². The number of aliphatic hydroxyl groups excluding tert-OH is 1. The zero-order valence-electron chi connectivity index (χ0n) is 18.6. The van der Waals surface area contributed by atoms with Crippen LogP contribution in [-0.2, 0) is 4.79 Å². The predicted octanol–water partition coefficient (Wildman–Crippen LogP) is 3.82. The fourth-order valence-electron chi connectivity index (χ4n) is 4.47. The van der Waals surface area contributed by atoms with E-state index in [0.29, 0.717) is 37.7 Å². The van der Waals surface area contributed by atoms with Crippen molar-refractivity contribution in [1.82, 2.24) is 10.2 Å². The molecular formula is C24H38N2O4. The Morgan fingerprint density at radius 2 is 1.83 bits per heavy atom. The number of rotatable bonds is 11. The van der Waals surface area contributed by atoms with E-state index >= 15 is 0 Å². The molecule has 0 spiro atoms. The van der Waals surface area contributed by atoms with Crippen LogP contribution in [0.4, 0.5) is 0 Å². The second-order valence-corrected chi connectivity index (χ2v) is 8.92. The van der Waals surface area contributed by atoms with Crippen molar-refractivity contribution in [2.45, 2.75) is 76.9 Å². The van der Waals surface area contributed by atoms with E-state index in [-0.39, 0.29) is 5.91 Å². The van der Waals surface area contributed by atoms with Gasteiger partial charge in [0, 0.05) is 13.0 Å². The molecule has 0 aromatic heterocycles. The number of nitrogens with zero attached hydrogens (tertiary/aromatic N) is 1. The van der Waals surface area contributed by atoms with Crippen molar-refractivity contribution in [3.8, 4) is 11.5 Å². The normalized spacial score (nSPS) is 19.3. The van der Waals surface area contributed by atoms with Crippen LogP contribution in [0.25, 0.3) is 0 Å². The van der Waals surface area contributed by atoms with Crippen LogP contribution < -0.4 is 14.8 Å². The number of unbranched alkanes of at least 4 members (excludes halogenated alkanes) is 4. The molecule has 2 N–H and O–H groups in total. The first kappa shape index (κ1) is 22.9. The number of fused-ring (bicyclic) bond motifs is 1. The summed E-state index contributed by atoms with van der Waals surface area (Å²) in [4.78, 5) is 15.1. The van der Waals surface area contributed by atoms with Gasteiger partial charge in [-0.25, -0.2) is 0 Å². The fraction of sp³-hybridized carbons (Fsp3) is 0.708. The molecular weight excluding hydrogens is 380 g/mol. The summed E-state index contributed by atoms with van der Waals surface area (Å²) in [6.07, 6.45) is 7.57. The molecule has 0 radical (unpaired) electrons. The molecule has 2 heterocycles. The van der Waals surface area contributed by atoms with E-state index in [2.05, 4.69) is 17.1 Å². The van der Waals surface area contributed by atoms with E-state index < -0.39 is 11.6 Å².